The van der Waals surface area contributed by atoms with Crippen LogP contribution in [0, 0.1) is 5.92 Å². The highest BCUT2D eigenvalue weighted by atomic mass is 16.5. The Kier molecular flexibility index (Phi) is 4.86. The summed E-state index contributed by atoms with van der Waals surface area (Å²) in [5.41, 5.74) is -1.09. The molecule has 2 N–H and O–H groups in total. The van der Waals surface area contributed by atoms with Gasteiger partial charge in [0.15, 0.2) is 0 Å². The maximum absolute atomic E-state index is 12.3. The van der Waals surface area contributed by atoms with Gasteiger partial charge in [-0.2, -0.15) is 0 Å². The number of carbonyl (C=O) groups is 2. The smallest absolute Gasteiger partial charge is 0.329 e. The van der Waals surface area contributed by atoms with Gasteiger partial charge in [-0.1, -0.05) is 6.92 Å². The second kappa shape index (κ2) is 6.43. The fraction of sp³-hybridized carbons (Fsp3) is 0.857. The fourth-order valence-electron chi connectivity index (χ4n) is 2.88. The molecule has 1 saturated heterocycles. The van der Waals surface area contributed by atoms with Crippen molar-refractivity contribution >= 4 is 12.0 Å². The summed E-state index contributed by atoms with van der Waals surface area (Å²) in [4.78, 5) is 25.6. The molecule has 6 nitrogen and oxygen atoms in total. The van der Waals surface area contributed by atoms with E-state index < -0.39 is 11.5 Å². The molecule has 20 heavy (non-hydrogen) atoms. The minimum absolute atomic E-state index is 0.271. The van der Waals surface area contributed by atoms with Crippen molar-refractivity contribution in [2.75, 3.05) is 26.3 Å². The maximum Gasteiger partial charge on any atom is 0.329 e. The van der Waals surface area contributed by atoms with Gasteiger partial charge >= 0.3 is 12.0 Å². The lowest BCUT2D eigenvalue weighted by atomic mass is 9.77. The Morgan fingerprint density at radius 2 is 1.95 bits per heavy atom. The number of urea groups is 1. The van der Waals surface area contributed by atoms with E-state index in [9.17, 15) is 14.7 Å². The van der Waals surface area contributed by atoms with Crippen molar-refractivity contribution in [2.24, 2.45) is 5.92 Å². The Labute approximate surface area is 119 Å². The summed E-state index contributed by atoms with van der Waals surface area (Å²) >= 11 is 0. The average Bonchev–Trinajstić information content (AvgIpc) is 2.70. The molecule has 6 heteroatoms. The Morgan fingerprint density at radius 1 is 1.25 bits per heavy atom. The van der Waals surface area contributed by atoms with Crippen molar-refractivity contribution in [2.45, 2.75) is 44.6 Å². The molecule has 0 aromatic carbocycles. The number of aliphatic carboxylic acids is 1. The Morgan fingerprint density at radius 3 is 2.60 bits per heavy atom. The van der Waals surface area contributed by atoms with Gasteiger partial charge in [0.2, 0.25) is 0 Å². The first-order valence-electron chi connectivity index (χ1n) is 7.42. The standard InChI is InChI=1S/C14H24N2O4/c1-11-3-5-14(6-4-11,12(17)18)15-13(19)16-7-2-9-20-10-8-16/h11H,2-10H2,1H3,(H,15,19)(H,17,18). The molecule has 0 spiro atoms. The molecule has 0 bridgehead atoms. The van der Waals surface area contributed by atoms with Crippen LogP contribution in [0.5, 0.6) is 0 Å². The predicted octanol–water partition coefficient (Wildman–Crippen LogP) is 1.45. The van der Waals surface area contributed by atoms with E-state index in [1.54, 1.807) is 4.90 Å². The van der Waals surface area contributed by atoms with Gasteiger partial charge in [0, 0.05) is 19.7 Å². The van der Waals surface area contributed by atoms with Crippen molar-refractivity contribution in [1.82, 2.24) is 10.2 Å². The summed E-state index contributed by atoms with van der Waals surface area (Å²) in [5, 5.41) is 12.3. The molecule has 1 aliphatic heterocycles. The Bertz CT molecular complexity index is 356. The van der Waals surface area contributed by atoms with Crippen molar-refractivity contribution in [3.8, 4) is 0 Å². The third-order valence-corrected chi connectivity index (χ3v) is 4.39. The van der Waals surface area contributed by atoms with Crippen LogP contribution < -0.4 is 5.32 Å². The normalized spacial score (nSPS) is 31.4. The summed E-state index contributed by atoms with van der Waals surface area (Å²) in [6, 6.07) is -0.271. The third-order valence-electron chi connectivity index (χ3n) is 4.39. The quantitative estimate of drug-likeness (QED) is 0.804. The summed E-state index contributed by atoms with van der Waals surface area (Å²) in [7, 11) is 0. The first-order chi connectivity index (χ1) is 9.53. The number of carboxylic acid groups (broad SMARTS) is 1. The number of carbonyl (C=O) groups excluding carboxylic acids is 1. The SMILES string of the molecule is CC1CCC(NC(=O)N2CCCOCC2)(C(=O)O)CC1. The van der Waals surface area contributed by atoms with Crippen LogP contribution in [0.25, 0.3) is 0 Å². The van der Waals surface area contributed by atoms with Crippen LogP contribution in [-0.4, -0.2) is 53.8 Å². The molecular formula is C14H24N2O4. The predicted molar refractivity (Wildman–Crippen MR) is 73.5 cm³/mol. The number of nitrogens with one attached hydrogen (secondary N) is 1. The number of nitrogens with zero attached hydrogens (tertiary/aromatic N) is 1. The molecule has 1 heterocycles. The Balaban J connectivity index is 2.00. The van der Waals surface area contributed by atoms with Gasteiger partial charge in [0.1, 0.15) is 5.54 Å². The van der Waals surface area contributed by atoms with Crippen LogP contribution in [0.2, 0.25) is 0 Å². The molecule has 1 aliphatic carbocycles. The van der Waals surface area contributed by atoms with E-state index in [4.69, 9.17) is 4.74 Å². The number of rotatable bonds is 2. The highest BCUT2D eigenvalue weighted by Crippen LogP contribution is 2.32. The maximum atomic E-state index is 12.3. The van der Waals surface area contributed by atoms with Gasteiger partial charge < -0.3 is 20.1 Å². The lowest BCUT2D eigenvalue weighted by molar-refractivity contribution is -0.146. The van der Waals surface area contributed by atoms with Crippen LogP contribution in [0.3, 0.4) is 0 Å². The van der Waals surface area contributed by atoms with Crippen LogP contribution in [0.15, 0.2) is 0 Å². The first-order valence-corrected chi connectivity index (χ1v) is 7.42. The van der Waals surface area contributed by atoms with Gasteiger partial charge in [0.05, 0.1) is 6.61 Å². The van der Waals surface area contributed by atoms with Crippen molar-refractivity contribution < 1.29 is 19.4 Å². The topological polar surface area (TPSA) is 78.9 Å². The largest absolute Gasteiger partial charge is 0.480 e. The summed E-state index contributed by atoms with van der Waals surface area (Å²) in [6.07, 6.45) is 3.51. The molecule has 2 amide bonds. The second-order valence-corrected chi connectivity index (χ2v) is 5.95. The minimum Gasteiger partial charge on any atom is -0.480 e. The number of carboxylic acids is 1. The van der Waals surface area contributed by atoms with E-state index in [1.807, 2.05) is 0 Å². The highest BCUT2D eigenvalue weighted by Gasteiger charge is 2.43. The summed E-state index contributed by atoms with van der Waals surface area (Å²) < 4.78 is 5.31. The zero-order valence-electron chi connectivity index (χ0n) is 12.1. The van der Waals surface area contributed by atoms with Crippen LogP contribution in [0.1, 0.15) is 39.0 Å². The van der Waals surface area contributed by atoms with Gasteiger partial charge in [-0.15, -0.1) is 0 Å². The first kappa shape index (κ1) is 15.1. The van der Waals surface area contributed by atoms with E-state index >= 15 is 0 Å². The monoisotopic (exact) mass is 284 g/mol. The van der Waals surface area contributed by atoms with Crippen molar-refractivity contribution in [3.63, 3.8) is 0 Å². The van der Waals surface area contributed by atoms with Gasteiger partial charge in [-0.05, 0) is 38.0 Å². The molecule has 0 atom stereocenters. The third kappa shape index (κ3) is 3.42. The number of hydrogen-bond donors (Lipinski definition) is 2. The number of amides is 2. The summed E-state index contributed by atoms with van der Waals surface area (Å²) in [5.74, 6) is -0.380. The zero-order chi connectivity index (χ0) is 14.6. The fourth-order valence-corrected chi connectivity index (χ4v) is 2.88. The number of hydrogen-bond acceptors (Lipinski definition) is 3. The van der Waals surface area contributed by atoms with Crippen molar-refractivity contribution in [1.29, 1.82) is 0 Å². The van der Waals surface area contributed by atoms with Gasteiger partial charge in [-0.3, -0.25) is 0 Å². The summed E-state index contributed by atoms with van der Waals surface area (Å²) in [6.45, 7) is 4.45. The molecule has 0 aromatic rings. The molecule has 2 rings (SSSR count). The second-order valence-electron chi connectivity index (χ2n) is 5.95. The van der Waals surface area contributed by atoms with Crippen LogP contribution in [0.4, 0.5) is 4.79 Å². The van der Waals surface area contributed by atoms with Crippen LogP contribution in [-0.2, 0) is 9.53 Å². The molecule has 0 radical (unpaired) electrons. The van der Waals surface area contributed by atoms with Gasteiger partial charge in [0.25, 0.3) is 0 Å². The van der Waals surface area contributed by atoms with E-state index in [2.05, 4.69) is 12.2 Å². The number of ether oxygens (including phenoxy) is 1. The molecule has 1 saturated carbocycles. The molecule has 2 aliphatic rings. The Hall–Kier alpha value is -1.30. The molecule has 0 unspecified atom stereocenters. The average molecular weight is 284 g/mol. The van der Waals surface area contributed by atoms with Crippen LogP contribution >= 0.6 is 0 Å². The van der Waals surface area contributed by atoms with E-state index in [-0.39, 0.29) is 6.03 Å². The highest BCUT2D eigenvalue weighted by molar-refractivity contribution is 5.86. The lowest BCUT2D eigenvalue weighted by Crippen LogP contribution is -2.59. The molecule has 114 valence electrons. The molecule has 0 aromatic heterocycles. The van der Waals surface area contributed by atoms with E-state index in [0.29, 0.717) is 45.1 Å². The molecular weight excluding hydrogens is 260 g/mol. The minimum atomic E-state index is -1.09. The van der Waals surface area contributed by atoms with E-state index in [1.165, 1.54) is 0 Å². The van der Waals surface area contributed by atoms with Crippen molar-refractivity contribution in [3.05, 3.63) is 0 Å². The van der Waals surface area contributed by atoms with E-state index in [0.717, 1.165) is 19.3 Å². The van der Waals surface area contributed by atoms with Gasteiger partial charge in [-0.25, -0.2) is 9.59 Å². The molecule has 2 fully saturated rings. The lowest BCUT2D eigenvalue weighted by Gasteiger charge is -2.37. The zero-order valence-corrected chi connectivity index (χ0v) is 12.1.